The minimum atomic E-state index is -0.159. The summed E-state index contributed by atoms with van der Waals surface area (Å²) in [6, 6.07) is 7.31. The largest absolute Gasteiger partial charge is 0.369 e. The van der Waals surface area contributed by atoms with Crippen molar-refractivity contribution < 1.29 is 4.39 Å². The van der Waals surface area contributed by atoms with Crippen LogP contribution in [0.1, 0.15) is 20.8 Å². The molecule has 2 rings (SSSR count). The number of benzene rings is 1. The maximum atomic E-state index is 13.2. The van der Waals surface area contributed by atoms with Gasteiger partial charge in [0.1, 0.15) is 5.82 Å². The lowest BCUT2D eigenvalue weighted by molar-refractivity contribution is 0.254. The number of nitrogens with zero attached hydrogens (tertiary/aromatic N) is 1. The molecule has 1 aliphatic rings. The summed E-state index contributed by atoms with van der Waals surface area (Å²) < 4.78 is 13.2. The Morgan fingerprint density at radius 3 is 2.76 bits per heavy atom. The second-order valence-electron chi connectivity index (χ2n) is 5.80. The highest BCUT2D eigenvalue weighted by atomic mass is 19.1. The van der Waals surface area contributed by atoms with E-state index in [9.17, 15) is 4.39 Å². The summed E-state index contributed by atoms with van der Waals surface area (Å²) in [5.41, 5.74) is 1.21. The van der Waals surface area contributed by atoms with Crippen LogP contribution in [0.25, 0.3) is 0 Å². The summed E-state index contributed by atoms with van der Waals surface area (Å²) in [7, 11) is 0. The Bertz CT molecular complexity index is 384. The van der Waals surface area contributed by atoms with Crippen molar-refractivity contribution in [2.45, 2.75) is 26.8 Å². The van der Waals surface area contributed by atoms with Crippen LogP contribution in [0.3, 0.4) is 0 Å². The molecule has 1 saturated heterocycles. The standard InChI is InChI=1S/C14H21FN2/c1-14(2,3)13-10-17(8-7-16-13)12-6-4-5-11(15)9-12/h4-6,9,13,16H,7-8,10H2,1-3H3. The summed E-state index contributed by atoms with van der Waals surface area (Å²) in [4.78, 5) is 2.26. The van der Waals surface area contributed by atoms with Gasteiger partial charge in [0.15, 0.2) is 0 Å². The van der Waals surface area contributed by atoms with Gasteiger partial charge >= 0.3 is 0 Å². The van der Waals surface area contributed by atoms with Crippen molar-refractivity contribution in [3.8, 4) is 0 Å². The van der Waals surface area contributed by atoms with Crippen molar-refractivity contribution in [1.82, 2.24) is 5.32 Å². The molecule has 3 heteroatoms. The van der Waals surface area contributed by atoms with Gasteiger partial charge in [0.2, 0.25) is 0 Å². The Labute approximate surface area is 103 Å². The monoisotopic (exact) mass is 236 g/mol. The molecule has 0 amide bonds. The number of hydrogen-bond donors (Lipinski definition) is 1. The molecule has 1 aromatic carbocycles. The summed E-state index contributed by atoms with van der Waals surface area (Å²) in [5, 5.41) is 3.54. The van der Waals surface area contributed by atoms with Crippen molar-refractivity contribution in [1.29, 1.82) is 0 Å². The minimum Gasteiger partial charge on any atom is -0.369 e. The van der Waals surface area contributed by atoms with E-state index in [0.29, 0.717) is 6.04 Å². The van der Waals surface area contributed by atoms with Crippen LogP contribution < -0.4 is 10.2 Å². The highest BCUT2D eigenvalue weighted by molar-refractivity contribution is 5.47. The van der Waals surface area contributed by atoms with Gasteiger partial charge in [0.25, 0.3) is 0 Å². The summed E-state index contributed by atoms with van der Waals surface area (Å²) in [6.45, 7) is 9.54. The Morgan fingerprint density at radius 2 is 2.12 bits per heavy atom. The fraction of sp³-hybridized carbons (Fsp3) is 0.571. The predicted octanol–water partition coefficient (Wildman–Crippen LogP) is 2.65. The molecule has 0 spiro atoms. The molecular weight excluding hydrogens is 215 g/mol. The maximum Gasteiger partial charge on any atom is 0.125 e. The molecule has 1 atom stereocenters. The number of piperazine rings is 1. The van der Waals surface area contributed by atoms with Crippen LogP contribution in [0.2, 0.25) is 0 Å². The van der Waals surface area contributed by atoms with Gasteiger partial charge in [-0.15, -0.1) is 0 Å². The Balaban J connectivity index is 2.12. The molecule has 0 bridgehead atoms. The van der Waals surface area contributed by atoms with Crippen LogP contribution in [0, 0.1) is 11.2 Å². The molecule has 0 aliphatic carbocycles. The Kier molecular flexibility index (Phi) is 3.38. The molecule has 17 heavy (non-hydrogen) atoms. The highest BCUT2D eigenvalue weighted by Crippen LogP contribution is 2.25. The molecule has 1 aliphatic heterocycles. The Morgan fingerprint density at radius 1 is 1.35 bits per heavy atom. The van der Waals surface area contributed by atoms with E-state index in [-0.39, 0.29) is 11.2 Å². The number of halogens is 1. The van der Waals surface area contributed by atoms with Crippen molar-refractivity contribution in [3.63, 3.8) is 0 Å². The van der Waals surface area contributed by atoms with E-state index in [1.807, 2.05) is 6.07 Å². The predicted molar refractivity (Wildman–Crippen MR) is 69.9 cm³/mol. The van der Waals surface area contributed by atoms with E-state index in [1.54, 1.807) is 12.1 Å². The van der Waals surface area contributed by atoms with Crippen molar-refractivity contribution in [3.05, 3.63) is 30.1 Å². The molecular formula is C14H21FN2. The minimum absolute atomic E-state index is 0.159. The lowest BCUT2D eigenvalue weighted by Gasteiger charge is -2.41. The van der Waals surface area contributed by atoms with Crippen LogP contribution in [0.15, 0.2) is 24.3 Å². The number of hydrogen-bond acceptors (Lipinski definition) is 2. The summed E-state index contributed by atoms with van der Waals surface area (Å²) in [5.74, 6) is -0.159. The van der Waals surface area contributed by atoms with Crippen LogP contribution in [-0.4, -0.2) is 25.7 Å². The zero-order valence-corrected chi connectivity index (χ0v) is 10.8. The van der Waals surface area contributed by atoms with Gasteiger partial charge in [-0.05, 0) is 23.6 Å². The van der Waals surface area contributed by atoms with Gasteiger partial charge in [0, 0.05) is 31.4 Å². The lowest BCUT2D eigenvalue weighted by Crippen LogP contribution is -2.56. The molecule has 0 radical (unpaired) electrons. The third-order valence-corrected chi connectivity index (χ3v) is 3.39. The molecule has 1 N–H and O–H groups in total. The highest BCUT2D eigenvalue weighted by Gasteiger charge is 2.29. The topological polar surface area (TPSA) is 15.3 Å². The third kappa shape index (κ3) is 2.97. The molecule has 94 valence electrons. The SMILES string of the molecule is CC(C)(C)C1CN(c2cccc(F)c2)CCN1. The maximum absolute atomic E-state index is 13.2. The van der Waals surface area contributed by atoms with E-state index in [1.165, 1.54) is 6.07 Å². The lowest BCUT2D eigenvalue weighted by atomic mass is 9.85. The second-order valence-corrected chi connectivity index (χ2v) is 5.80. The Hall–Kier alpha value is -1.09. The fourth-order valence-electron chi connectivity index (χ4n) is 2.24. The number of anilines is 1. The zero-order chi connectivity index (χ0) is 12.5. The van der Waals surface area contributed by atoms with Gasteiger partial charge in [-0.1, -0.05) is 26.8 Å². The van der Waals surface area contributed by atoms with Gasteiger partial charge in [0.05, 0.1) is 0 Å². The van der Waals surface area contributed by atoms with Gasteiger partial charge < -0.3 is 10.2 Å². The van der Waals surface area contributed by atoms with E-state index in [2.05, 4.69) is 31.0 Å². The molecule has 1 aromatic rings. The van der Waals surface area contributed by atoms with Gasteiger partial charge in [-0.3, -0.25) is 0 Å². The van der Waals surface area contributed by atoms with Crippen LogP contribution in [-0.2, 0) is 0 Å². The average Bonchev–Trinajstić information content (AvgIpc) is 2.28. The second kappa shape index (κ2) is 4.65. The van der Waals surface area contributed by atoms with E-state index in [4.69, 9.17) is 0 Å². The van der Waals surface area contributed by atoms with Crippen LogP contribution in [0.5, 0.6) is 0 Å². The molecule has 1 heterocycles. The fourth-order valence-corrected chi connectivity index (χ4v) is 2.24. The molecule has 0 aromatic heterocycles. The summed E-state index contributed by atoms with van der Waals surface area (Å²) >= 11 is 0. The first kappa shape index (κ1) is 12.4. The number of rotatable bonds is 1. The first-order chi connectivity index (χ1) is 7.97. The zero-order valence-electron chi connectivity index (χ0n) is 10.8. The van der Waals surface area contributed by atoms with E-state index < -0.39 is 0 Å². The first-order valence-corrected chi connectivity index (χ1v) is 6.21. The van der Waals surface area contributed by atoms with Crippen LogP contribution >= 0.6 is 0 Å². The summed E-state index contributed by atoms with van der Waals surface area (Å²) in [6.07, 6.45) is 0. The quantitative estimate of drug-likeness (QED) is 0.806. The van der Waals surface area contributed by atoms with Gasteiger partial charge in [-0.25, -0.2) is 4.39 Å². The first-order valence-electron chi connectivity index (χ1n) is 6.21. The van der Waals surface area contributed by atoms with Crippen LogP contribution in [0.4, 0.5) is 10.1 Å². The molecule has 1 fully saturated rings. The number of nitrogens with one attached hydrogen (secondary N) is 1. The molecule has 2 nitrogen and oxygen atoms in total. The van der Waals surface area contributed by atoms with E-state index in [0.717, 1.165) is 25.3 Å². The van der Waals surface area contributed by atoms with Crippen molar-refractivity contribution in [2.75, 3.05) is 24.5 Å². The smallest absolute Gasteiger partial charge is 0.125 e. The average molecular weight is 236 g/mol. The van der Waals surface area contributed by atoms with Crippen molar-refractivity contribution >= 4 is 5.69 Å². The normalized spacial score (nSPS) is 21.6. The van der Waals surface area contributed by atoms with Crippen molar-refractivity contribution in [2.24, 2.45) is 5.41 Å². The molecule has 0 saturated carbocycles. The van der Waals surface area contributed by atoms with Gasteiger partial charge in [-0.2, -0.15) is 0 Å². The van der Waals surface area contributed by atoms with E-state index >= 15 is 0 Å². The third-order valence-electron chi connectivity index (χ3n) is 3.39. The molecule has 1 unspecified atom stereocenters.